The normalized spacial score (nSPS) is 13.2. The molecule has 2 unspecified atom stereocenters. The predicted octanol–water partition coefficient (Wildman–Crippen LogP) is 3.41. The molecule has 0 saturated carbocycles. The highest BCUT2D eigenvalue weighted by Crippen LogP contribution is 2.22. The van der Waals surface area contributed by atoms with E-state index >= 15 is 0 Å². The van der Waals surface area contributed by atoms with E-state index in [0.717, 1.165) is 11.1 Å². The van der Waals surface area contributed by atoms with Gasteiger partial charge in [0.05, 0.1) is 5.92 Å². The smallest absolute Gasteiger partial charge is 0.251 e. The van der Waals surface area contributed by atoms with Crippen molar-refractivity contribution in [2.45, 2.75) is 39.8 Å². The van der Waals surface area contributed by atoms with Gasteiger partial charge in [-0.1, -0.05) is 37.3 Å². The minimum absolute atomic E-state index is 0.0718. The molecule has 0 aromatic heterocycles. The fourth-order valence-electron chi connectivity index (χ4n) is 2.66. The molecule has 2 amide bonds. The van der Waals surface area contributed by atoms with Gasteiger partial charge in [-0.05, 0) is 50.1 Å². The van der Waals surface area contributed by atoms with Gasteiger partial charge in [0.1, 0.15) is 0 Å². The lowest BCUT2D eigenvalue weighted by Gasteiger charge is -2.20. The third kappa shape index (κ3) is 4.92. The molecule has 4 N–H and O–H groups in total. The monoisotopic (exact) mass is 353 g/mol. The first kappa shape index (κ1) is 19.7. The summed E-state index contributed by atoms with van der Waals surface area (Å²) in [5.41, 5.74) is 9.24. The zero-order valence-corrected chi connectivity index (χ0v) is 15.7. The number of hydrogen-bond donors (Lipinski definition) is 3. The van der Waals surface area contributed by atoms with E-state index in [1.54, 1.807) is 18.2 Å². The maximum atomic E-state index is 12.6. The van der Waals surface area contributed by atoms with E-state index in [1.807, 2.05) is 58.0 Å². The van der Waals surface area contributed by atoms with E-state index in [1.165, 1.54) is 0 Å². The Kier molecular flexibility index (Phi) is 6.52. The van der Waals surface area contributed by atoms with Crippen LogP contribution in [0.3, 0.4) is 0 Å². The van der Waals surface area contributed by atoms with Gasteiger partial charge in [-0.25, -0.2) is 0 Å². The molecular formula is C21H27N3O2. The fraction of sp³-hybridized carbons (Fsp3) is 0.333. The molecule has 0 fully saturated rings. The van der Waals surface area contributed by atoms with Crippen LogP contribution in [0.4, 0.5) is 5.69 Å². The van der Waals surface area contributed by atoms with E-state index in [9.17, 15) is 9.59 Å². The van der Waals surface area contributed by atoms with Gasteiger partial charge in [0, 0.05) is 23.3 Å². The summed E-state index contributed by atoms with van der Waals surface area (Å²) in [5, 5.41) is 5.77. The van der Waals surface area contributed by atoms with E-state index < -0.39 is 0 Å². The quantitative estimate of drug-likeness (QED) is 0.744. The molecule has 0 heterocycles. The van der Waals surface area contributed by atoms with Crippen LogP contribution in [-0.2, 0) is 4.79 Å². The fourth-order valence-corrected chi connectivity index (χ4v) is 2.66. The second-order valence-electron chi connectivity index (χ2n) is 6.87. The molecule has 0 saturated heterocycles. The summed E-state index contributed by atoms with van der Waals surface area (Å²) in [6.07, 6.45) is 0. The number of rotatable bonds is 6. The first-order chi connectivity index (χ1) is 12.3. The second kappa shape index (κ2) is 8.63. The van der Waals surface area contributed by atoms with Gasteiger partial charge >= 0.3 is 0 Å². The van der Waals surface area contributed by atoms with Crippen LogP contribution in [0.1, 0.15) is 48.3 Å². The van der Waals surface area contributed by atoms with Crippen LogP contribution in [0.15, 0.2) is 48.5 Å². The first-order valence-corrected chi connectivity index (χ1v) is 8.82. The molecule has 26 heavy (non-hydrogen) atoms. The Morgan fingerprint density at radius 3 is 2.23 bits per heavy atom. The van der Waals surface area contributed by atoms with Gasteiger partial charge in [0.2, 0.25) is 5.91 Å². The summed E-state index contributed by atoms with van der Waals surface area (Å²) in [6.45, 7) is 7.50. The standard InChI is InChI=1S/C21H27N3O2/c1-13(2)23-21(26)17-10-11-18(14(3)12-17)24-20(25)15(4)19(22)16-8-6-5-7-9-16/h5-13,15,19H,22H2,1-4H3,(H,23,26)(H,24,25). The van der Waals surface area contributed by atoms with Crippen molar-refractivity contribution in [2.24, 2.45) is 11.7 Å². The summed E-state index contributed by atoms with van der Waals surface area (Å²) in [5.74, 6) is -0.662. The van der Waals surface area contributed by atoms with Crippen LogP contribution in [0, 0.1) is 12.8 Å². The zero-order chi connectivity index (χ0) is 19.3. The van der Waals surface area contributed by atoms with Gasteiger partial charge in [-0.3, -0.25) is 9.59 Å². The molecular weight excluding hydrogens is 326 g/mol. The molecule has 2 aromatic rings. The Morgan fingerprint density at radius 2 is 1.65 bits per heavy atom. The number of benzene rings is 2. The lowest BCUT2D eigenvalue weighted by Crippen LogP contribution is -2.31. The van der Waals surface area contributed by atoms with Crippen molar-refractivity contribution in [3.63, 3.8) is 0 Å². The van der Waals surface area contributed by atoms with Crippen LogP contribution in [0.2, 0.25) is 0 Å². The van der Waals surface area contributed by atoms with Crippen molar-refractivity contribution in [3.05, 3.63) is 65.2 Å². The van der Waals surface area contributed by atoms with Crippen molar-refractivity contribution < 1.29 is 9.59 Å². The van der Waals surface area contributed by atoms with Crippen molar-refractivity contribution in [3.8, 4) is 0 Å². The third-order valence-electron chi connectivity index (χ3n) is 4.30. The third-order valence-corrected chi connectivity index (χ3v) is 4.30. The lowest BCUT2D eigenvalue weighted by atomic mass is 9.94. The number of anilines is 1. The van der Waals surface area contributed by atoms with E-state index in [0.29, 0.717) is 11.3 Å². The maximum absolute atomic E-state index is 12.6. The summed E-state index contributed by atoms with van der Waals surface area (Å²) < 4.78 is 0. The van der Waals surface area contributed by atoms with Crippen molar-refractivity contribution in [1.29, 1.82) is 0 Å². The number of aryl methyl sites for hydroxylation is 1. The minimum atomic E-state index is -0.388. The van der Waals surface area contributed by atoms with Crippen LogP contribution in [-0.4, -0.2) is 17.9 Å². The van der Waals surface area contributed by atoms with Gasteiger partial charge in [-0.15, -0.1) is 0 Å². The molecule has 0 bridgehead atoms. The molecule has 138 valence electrons. The largest absolute Gasteiger partial charge is 0.350 e. The van der Waals surface area contributed by atoms with Crippen LogP contribution >= 0.6 is 0 Å². The number of carbonyl (C=O) groups is 2. The van der Waals surface area contributed by atoms with Crippen molar-refractivity contribution in [1.82, 2.24) is 5.32 Å². The molecule has 2 aromatic carbocycles. The average Bonchev–Trinajstić information content (AvgIpc) is 2.62. The molecule has 0 spiro atoms. The molecule has 0 aliphatic carbocycles. The van der Waals surface area contributed by atoms with Crippen molar-refractivity contribution >= 4 is 17.5 Å². The van der Waals surface area contributed by atoms with E-state index in [-0.39, 0.29) is 29.8 Å². The van der Waals surface area contributed by atoms with Crippen LogP contribution < -0.4 is 16.4 Å². The number of amides is 2. The number of carbonyl (C=O) groups excluding carboxylic acids is 2. The second-order valence-corrected chi connectivity index (χ2v) is 6.87. The predicted molar refractivity (Wildman–Crippen MR) is 105 cm³/mol. The number of nitrogens with two attached hydrogens (primary N) is 1. The molecule has 5 heteroatoms. The zero-order valence-electron chi connectivity index (χ0n) is 15.7. The minimum Gasteiger partial charge on any atom is -0.350 e. The SMILES string of the molecule is Cc1cc(C(=O)NC(C)C)ccc1NC(=O)C(C)C(N)c1ccccc1. The molecule has 0 aliphatic rings. The highest BCUT2D eigenvalue weighted by molar-refractivity contribution is 5.97. The Morgan fingerprint density at radius 1 is 1.00 bits per heavy atom. The van der Waals surface area contributed by atoms with Gasteiger partial charge in [-0.2, -0.15) is 0 Å². The first-order valence-electron chi connectivity index (χ1n) is 8.82. The maximum Gasteiger partial charge on any atom is 0.251 e. The number of hydrogen-bond acceptors (Lipinski definition) is 3. The Hall–Kier alpha value is -2.66. The Bertz CT molecular complexity index is 772. The van der Waals surface area contributed by atoms with Gasteiger partial charge in [0.25, 0.3) is 5.91 Å². The van der Waals surface area contributed by atoms with Gasteiger partial charge < -0.3 is 16.4 Å². The summed E-state index contributed by atoms with van der Waals surface area (Å²) in [4.78, 5) is 24.7. The molecule has 0 radical (unpaired) electrons. The topological polar surface area (TPSA) is 84.2 Å². The summed E-state index contributed by atoms with van der Waals surface area (Å²) >= 11 is 0. The highest BCUT2D eigenvalue weighted by atomic mass is 16.2. The molecule has 0 aliphatic heterocycles. The van der Waals surface area contributed by atoms with Crippen LogP contribution in [0.5, 0.6) is 0 Å². The lowest BCUT2D eigenvalue weighted by molar-refractivity contribution is -0.120. The average molecular weight is 353 g/mol. The molecule has 2 rings (SSSR count). The summed E-state index contributed by atoms with van der Waals surface area (Å²) in [6, 6.07) is 14.5. The Balaban J connectivity index is 2.08. The Labute approximate surface area is 155 Å². The van der Waals surface area contributed by atoms with Crippen molar-refractivity contribution in [2.75, 3.05) is 5.32 Å². The molecule has 2 atom stereocenters. The van der Waals surface area contributed by atoms with E-state index in [4.69, 9.17) is 5.73 Å². The van der Waals surface area contributed by atoms with Gasteiger partial charge in [0.15, 0.2) is 0 Å². The highest BCUT2D eigenvalue weighted by Gasteiger charge is 2.22. The summed E-state index contributed by atoms with van der Waals surface area (Å²) in [7, 11) is 0. The number of nitrogens with one attached hydrogen (secondary N) is 2. The van der Waals surface area contributed by atoms with Crippen LogP contribution in [0.25, 0.3) is 0 Å². The molecule has 5 nitrogen and oxygen atoms in total. The van der Waals surface area contributed by atoms with E-state index in [2.05, 4.69) is 10.6 Å².